The number of fused-ring (bicyclic) bond motifs is 4. The molecule has 2 heterocycles. The van der Waals surface area contributed by atoms with Crippen LogP contribution in [-0.4, -0.2) is 30.7 Å². The Kier molecular flexibility index (Phi) is 4.13. The first-order chi connectivity index (χ1) is 13.8. The van der Waals surface area contributed by atoms with E-state index in [0.29, 0.717) is 12.5 Å². The maximum absolute atomic E-state index is 12.6. The highest BCUT2D eigenvalue weighted by Crippen LogP contribution is 2.53. The quantitative estimate of drug-likeness (QED) is 0.802. The van der Waals surface area contributed by atoms with Crippen LogP contribution in [0.1, 0.15) is 69.9 Å². The summed E-state index contributed by atoms with van der Waals surface area (Å²) in [6.45, 7) is 6.30. The predicted molar refractivity (Wildman–Crippen MR) is 111 cm³/mol. The van der Waals surface area contributed by atoms with E-state index in [1.807, 2.05) is 20.8 Å². The molecule has 6 nitrogen and oxygen atoms in total. The van der Waals surface area contributed by atoms with Crippen molar-refractivity contribution in [3.05, 3.63) is 29.3 Å². The first-order valence-electron chi connectivity index (χ1n) is 10.9. The SMILES string of the molecule is CC(C)(C)C(=O)NC1CCC2Oc3ccc(C4CC4)cc3C3(COC(N)=N3)C2C1. The minimum absolute atomic E-state index is 0.0651. The Morgan fingerprint density at radius 3 is 2.69 bits per heavy atom. The Morgan fingerprint density at radius 1 is 1.24 bits per heavy atom. The molecule has 2 aliphatic heterocycles. The summed E-state index contributed by atoms with van der Waals surface area (Å²) in [5.41, 5.74) is 7.57. The molecule has 0 saturated heterocycles. The van der Waals surface area contributed by atoms with Gasteiger partial charge in [0.25, 0.3) is 6.02 Å². The van der Waals surface area contributed by atoms with Crippen molar-refractivity contribution in [2.24, 2.45) is 22.1 Å². The van der Waals surface area contributed by atoms with Crippen LogP contribution in [0.4, 0.5) is 0 Å². The molecule has 2 saturated carbocycles. The number of amides is 1. The second-order valence-corrected chi connectivity index (χ2v) is 10.2. The largest absolute Gasteiger partial charge is 0.490 e. The van der Waals surface area contributed by atoms with Crippen molar-refractivity contribution < 1.29 is 14.3 Å². The Bertz CT molecular complexity index is 871. The maximum atomic E-state index is 12.6. The summed E-state index contributed by atoms with van der Waals surface area (Å²) in [7, 11) is 0. The molecule has 3 N–H and O–H groups in total. The van der Waals surface area contributed by atoms with Gasteiger partial charge >= 0.3 is 0 Å². The molecule has 0 aromatic heterocycles. The number of aliphatic imine (C=N–C) groups is 1. The number of ether oxygens (including phenoxy) is 2. The van der Waals surface area contributed by atoms with Crippen molar-refractivity contribution in [3.63, 3.8) is 0 Å². The number of nitrogens with one attached hydrogen (secondary N) is 1. The Hall–Kier alpha value is -2.24. The Morgan fingerprint density at radius 2 is 2.03 bits per heavy atom. The average Bonchev–Trinajstić information content (AvgIpc) is 3.45. The smallest absolute Gasteiger partial charge is 0.283 e. The van der Waals surface area contributed by atoms with Gasteiger partial charge in [0.2, 0.25) is 5.91 Å². The number of amidine groups is 1. The third-order valence-electron chi connectivity index (χ3n) is 6.96. The minimum Gasteiger partial charge on any atom is -0.490 e. The van der Waals surface area contributed by atoms with Gasteiger partial charge in [0.15, 0.2) is 0 Å². The third-order valence-corrected chi connectivity index (χ3v) is 6.96. The second kappa shape index (κ2) is 6.38. The van der Waals surface area contributed by atoms with Crippen molar-refractivity contribution in [2.75, 3.05) is 6.61 Å². The molecular formula is C23H31N3O3. The molecule has 0 bridgehead atoms. The molecule has 4 aliphatic rings. The van der Waals surface area contributed by atoms with Gasteiger partial charge in [-0.2, -0.15) is 0 Å². The molecule has 4 unspecified atom stereocenters. The number of hydrogen-bond acceptors (Lipinski definition) is 5. The van der Waals surface area contributed by atoms with Gasteiger partial charge in [0.1, 0.15) is 24.0 Å². The summed E-state index contributed by atoms with van der Waals surface area (Å²) in [6.07, 6.45) is 5.19. The predicted octanol–water partition coefficient (Wildman–Crippen LogP) is 3.20. The Balaban J connectivity index is 1.49. The summed E-state index contributed by atoms with van der Waals surface area (Å²) in [5, 5.41) is 3.26. The average molecular weight is 398 g/mol. The molecule has 156 valence electrons. The molecule has 5 rings (SSSR count). The fourth-order valence-corrected chi connectivity index (χ4v) is 5.11. The van der Waals surface area contributed by atoms with Crippen molar-refractivity contribution in [1.29, 1.82) is 0 Å². The van der Waals surface area contributed by atoms with Crippen molar-refractivity contribution in [2.45, 2.75) is 76.5 Å². The fourth-order valence-electron chi connectivity index (χ4n) is 5.11. The normalized spacial score (nSPS) is 33.2. The zero-order chi connectivity index (χ0) is 20.4. The maximum Gasteiger partial charge on any atom is 0.283 e. The van der Waals surface area contributed by atoms with Gasteiger partial charge in [-0.1, -0.05) is 26.8 Å². The number of hydrogen-bond donors (Lipinski definition) is 2. The topological polar surface area (TPSA) is 85.9 Å². The van der Waals surface area contributed by atoms with E-state index in [9.17, 15) is 4.79 Å². The molecule has 1 aromatic rings. The minimum atomic E-state index is -0.516. The van der Waals surface area contributed by atoms with E-state index in [4.69, 9.17) is 20.2 Å². The highest BCUT2D eigenvalue weighted by molar-refractivity contribution is 5.81. The lowest BCUT2D eigenvalue weighted by Gasteiger charge is -2.48. The monoisotopic (exact) mass is 397 g/mol. The Labute approximate surface area is 172 Å². The van der Waals surface area contributed by atoms with Crippen LogP contribution in [0.5, 0.6) is 5.75 Å². The van der Waals surface area contributed by atoms with Gasteiger partial charge in [-0.3, -0.25) is 4.79 Å². The lowest BCUT2D eigenvalue weighted by molar-refractivity contribution is -0.130. The van der Waals surface area contributed by atoms with Crippen LogP contribution in [-0.2, 0) is 15.1 Å². The lowest BCUT2D eigenvalue weighted by Crippen LogP contribution is -2.55. The van der Waals surface area contributed by atoms with E-state index < -0.39 is 11.0 Å². The van der Waals surface area contributed by atoms with Crippen LogP contribution in [0.2, 0.25) is 0 Å². The van der Waals surface area contributed by atoms with E-state index in [0.717, 1.165) is 30.6 Å². The van der Waals surface area contributed by atoms with Gasteiger partial charge in [0, 0.05) is 22.9 Å². The number of nitrogens with two attached hydrogens (primary N) is 1. The summed E-state index contributed by atoms with van der Waals surface area (Å²) in [4.78, 5) is 17.4. The summed E-state index contributed by atoms with van der Waals surface area (Å²) in [6, 6.07) is 6.95. The number of carbonyl (C=O) groups excluding carboxylic acids is 1. The van der Waals surface area contributed by atoms with E-state index in [1.54, 1.807) is 0 Å². The number of rotatable bonds is 2. The molecule has 0 radical (unpaired) electrons. The van der Waals surface area contributed by atoms with Gasteiger partial charge in [-0.15, -0.1) is 0 Å². The fraction of sp³-hybridized carbons (Fsp3) is 0.652. The zero-order valence-corrected chi connectivity index (χ0v) is 17.5. The van der Waals surface area contributed by atoms with Gasteiger partial charge < -0.3 is 20.5 Å². The van der Waals surface area contributed by atoms with Crippen molar-refractivity contribution >= 4 is 11.9 Å². The molecule has 1 spiro atoms. The van der Waals surface area contributed by atoms with Crippen LogP contribution < -0.4 is 15.8 Å². The highest BCUT2D eigenvalue weighted by atomic mass is 16.5. The van der Waals surface area contributed by atoms with Crippen LogP contribution in [0.3, 0.4) is 0 Å². The first-order valence-corrected chi connectivity index (χ1v) is 10.9. The summed E-state index contributed by atoms with van der Waals surface area (Å²) in [5.74, 6) is 1.79. The first kappa shape index (κ1) is 18.8. The molecule has 1 aromatic carbocycles. The number of carbonyl (C=O) groups is 1. The molecular weight excluding hydrogens is 366 g/mol. The number of benzene rings is 1. The van der Waals surface area contributed by atoms with Crippen LogP contribution in [0.15, 0.2) is 23.2 Å². The van der Waals surface area contributed by atoms with E-state index in [-0.39, 0.29) is 30.0 Å². The van der Waals surface area contributed by atoms with E-state index >= 15 is 0 Å². The van der Waals surface area contributed by atoms with Crippen LogP contribution in [0, 0.1) is 11.3 Å². The van der Waals surface area contributed by atoms with Crippen molar-refractivity contribution in [1.82, 2.24) is 5.32 Å². The molecule has 1 amide bonds. The number of nitrogens with zero attached hydrogens (tertiary/aromatic N) is 1. The molecule has 2 aliphatic carbocycles. The zero-order valence-electron chi connectivity index (χ0n) is 17.5. The van der Waals surface area contributed by atoms with Gasteiger partial charge in [-0.25, -0.2) is 4.99 Å². The summed E-state index contributed by atoms with van der Waals surface area (Å²) >= 11 is 0. The van der Waals surface area contributed by atoms with Crippen LogP contribution >= 0.6 is 0 Å². The van der Waals surface area contributed by atoms with Crippen LogP contribution in [0.25, 0.3) is 0 Å². The van der Waals surface area contributed by atoms with Crippen molar-refractivity contribution in [3.8, 4) is 5.75 Å². The lowest BCUT2D eigenvalue weighted by atomic mass is 9.67. The highest BCUT2D eigenvalue weighted by Gasteiger charge is 2.56. The van der Waals surface area contributed by atoms with E-state index in [1.165, 1.54) is 18.4 Å². The van der Waals surface area contributed by atoms with E-state index in [2.05, 4.69) is 23.5 Å². The van der Waals surface area contributed by atoms with Gasteiger partial charge in [-0.05, 0) is 55.7 Å². The molecule has 2 fully saturated rings. The van der Waals surface area contributed by atoms with Gasteiger partial charge in [0.05, 0.1) is 0 Å². The molecule has 29 heavy (non-hydrogen) atoms. The third kappa shape index (κ3) is 3.17. The molecule has 6 heteroatoms. The second-order valence-electron chi connectivity index (χ2n) is 10.2. The standard InChI is InChI=1S/C23H31N3O3/c1-22(2,3)20(27)25-15-7-9-19-17(11-15)23(12-28-21(24)26-23)16-10-14(13-4-5-13)6-8-18(16)29-19/h6,8,10,13,15,17,19H,4-5,7,9,11-12H2,1-3H3,(H2,24,26)(H,25,27). The molecule has 4 atom stereocenters. The summed E-state index contributed by atoms with van der Waals surface area (Å²) < 4.78 is 12.2.